The number of benzene rings is 2. The molecule has 0 bridgehead atoms. The van der Waals surface area contributed by atoms with Gasteiger partial charge in [0.1, 0.15) is 11.5 Å². The number of rotatable bonds is 5. The number of ketones is 1. The third-order valence-corrected chi connectivity index (χ3v) is 4.13. The van der Waals surface area contributed by atoms with Crippen molar-refractivity contribution in [1.82, 2.24) is 0 Å². The molecule has 0 N–H and O–H groups in total. The lowest BCUT2D eigenvalue weighted by atomic mass is 10.1. The van der Waals surface area contributed by atoms with E-state index in [4.69, 9.17) is 25.8 Å². The molecular weight excluding hydrogens is 368 g/mol. The second kappa shape index (κ2) is 7.84. The summed E-state index contributed by atoms with van der Waals surface area (Å²) in [6.07, 6.45) is 1.44. The Morgan fingerprint density at radius 2 is 2.04 bits per heavy atom. The van der Waals surface area contributed by atoms with E-state index in [0.29, 0.717) is 27.6 Å². The Hall–Kier alpha value is -2.79. The largest absolute Gasteiger partial charge is 0.481 e. The quantitative estimate of drug-likeness (QED) is 0.555. The molecule has 2 aromatic rings. The van der Waals surface area contributed by atoms with E-state index in [9.17, 15) is 9.59 Å². The lowest BCUT2D eigenvalue weighted by Crippen LogP contribution is -2.19. The number of carbonyl (C=O) groups is 2. The number of halogens is 1. The average molecular weight is 387 g/mol. The average Bonchev–Trinajstić information content (AvgIpc) is 2.91. The highest BCUT2D eigenvalue weighted by Gasteiger charge is 2.30. The van der Waals surface area contributed by atoms with Crippen LogP contribution in [0.4, 0.5) is 0 Å². The van der Waals surface area contributed by atoms with Gasteiger partial charge in [-0.05, 0) is 56.7 Å². The van der Waals surface area contributed by atoms with Gasteiger partial charge in [-0.1, -0.05) is 23.7 Å². The molecule has 1 heterocycles. The van der Waals surface area contributed by atoms with Gasteiger partial charge in [-0.25, -0.2) is 4.79 Å². The number of ether oxygens (including phenoxy) is 3. The van der Waals surface area contributed by atoms with Crippen LogP contribution < -0.4 is 9.47 Å². The summed E-state index contributed by atoms with van der Waals surface area (Å²) in [5.41, 5.74) is 1.87. The zero-order valence-electron chi connectivity index (χ0n) is 15.2. The molecule has 6 heteroatoms. The molecule has 0 atom stereocenters. The predicted molar refractivity (Wildman–Crippen MR) is 102 cm³/mol. The van der Waals surface area contributed by atoms with E-state index in [-0.39, 0.29) is 24.3 Å². The van der Waals surface area contributed by atoms with Crippen LogP contribution in [0, 0.1) is 6.92 Å². The first kappa shape index (κ1) is 19.0. The van der Waals surface area contributed by atoms with E-state index >= 15 is 0 Å². The first-order valence-corrected chi connectivity index (χ1v) is 8.88. The highest BCUT2D eigenvalue weighted by molar-refractivity contribution is 6.30. The lowest BCUT2D eigenvalue weighted by molar-refractivity contribution is -0.149. The number of carbonyl (C=O) groups excluding carboxylic acids is 2. The third-order valence-electron chi connectivity index (χ3n) is 3.90. The van der Waals surface area contributed by atoms with Crippen LogP contribution in [0.2, 0.25) is 5.02 Å². The first-order valence-electron chi connectivity index (χ1n) is 8.51. The molecule has 0 spiro atoms. The molecule has 0 aromatic heterocycles. The molecule has 140 valence electrons. The second-order valence-corrected chi connectivity index (χ2v) is 6.82. The van der Waals surface area contributed by atoms with Crippen molar-refractivity contribution in [1.29, 1.82) is 0 Å². The van der Waals surface area contributed by atoms with E-state index in [1.54, 1.807) is 57.2 Å². The number of hydrogen-bond donors (Lipinski definition) is 0. The van der Waals surface area contributed by atoms with Crippen molar-refractivity contribution in [2.24, 2.45) is 0 Å². The van der Waals surface area contributed by atoms with Gasteiger partial charge in [0.25, 0.3) is 0 Å². The maximum atomic E-state index is 12.6. The minimum Gasteiger partial charge on any atom is -0.481 e. The summed E-state index contributed by atoms with van der Waals surface area (Å²) >= 11 is 5.98. The Bertz CT molecular complexity index is 930. The van der Waals surface area contributed by atoms with Gasteiger partial charge in [0, 0.05) is 10.6 Å². The third kappa shape index (κ3) is 4.31. The Morgan fingerprint density at radius 1 is 1.26 bits per heavy atom. The summed E-state index contributed by atoms with van der Waals surface area (Å²) in [7, 11) is 0. The van der Waals surface area contributed by atoms with Gasteiger partial charge in [-0.15, -0.1) is 0 Å². The van der Waals surface area contributed by atoms with Crippen LogP contribution >= 0.6 is 11.6 Å². The maximum Gasteiger partial charge on any atom is 0.344 e. The van der Waals surface area contributed by atoms with Crippen molar-refractivity contribution in [2.45, 2.75) is 26.9 Å². The summed E-state index contributed by atoms with van der Waals surface area (Å²) in [6, 6.07) is 10.4. The zero-order valence-corrected chi connectivity index (χ0v) is 16.0. The molecule has 3 rings (SSSR count). The fourth-order valence-electron chi connectivity index (χ4n) is 2.71. The maximum absolute atomic E-state index is 12.6. The molecule has 5 nitrogen and oxygen atoms in total. The smallest absolute Gasteiger partial charge is 0.344 e. The summed E-state index contributed by atoms with van der Waals surface area (Å²) < 4.78 is 16.3. The molecule has 0 saturated heterocycles. The first-order chi connectivity index (χ1) is 12.8. The van der Waals surface area contributed by atoms with Crippen LogP contribution in [0.25, 0.3) is 6.08 Å². The van der Waals surface area contributed by atoms with Gasteiger partial charge in [0.2, 0.25) is 5.78 Å². The molecule has 0 unspecified atom stereocenters. The van der Waals surface area contributed by atoms with Gasteiger partial charge in [-0.3, -0.25) is 4.79 Å². The van der Waals surface area contributed by atoms with Gasteiger partial charge in [0.05, 0.1) is 11.7 Å². The lowest BCUT2D eigenvalue weighted by Gasteiger charge is -2.12. The molecule has 1 aliphatic heterocycles. The van der Waals surface area contributed by atoms with Crippen molar-refractivity contribution in [3.63, 3.8) is 0 Å². The van der Waals surface area contributed by atoms with Crippen LogP contribution in [0.5, 0.6) is 11.5 Å². The topological polar surface area (TPSA) is 61.8 Å². The minimum atomic E-state index is -0.455. The number of fused-ring (bicyclic) bond motifs is 1. The van der Waals surface area contributed by atoms with E-state index < -0.39 is 5.97 Å². The van der Waals surface area contributed by atoms with Crippen LogP contribution in [-0.2, 0) is 9.53 Å². The number of Topliss-reactive ketones (excluding diaryl/α,β-unsaturated/α-hetero) is 1. The van der Waals surface area contributed by atoms with Gasteiger partial charge < -0.3 is 14.2 Å². The van der Waals surface area contributed by atoms with E-state index in [1.807, 2.05) is 6.07 Å². The monoisotopic (exact) mass is 386 g/mol. The fourth-order valence-corrected chi connectivity index (χ4v) is 2.90. The Balaban J connectivity index is 1.80. The molecule has 0 saturated carbocycles. The molecule has 0 amide bonds. The Morgan fingerprint density at radius 3 is 2.74 bits per heavy atom. The molecule has 0 fully saturated rings. The van der Waals surface area contributed by atoms with Gasteiger partial charge in [-0.2, -0.15) is 0 Å². The zero-order chi connectivity index (χ0) is 19.6. The molecule has 0 radical (unpaired) electrons. The SMILES string of the molecule is Cc1c(OCC(=O)OC(C)C)ccc2c1O/C(=C\c1cccc(Cl)c1)C2=O. The molecule has 2 aromatic carbocycles. The highest BCUT2D eigenvalue weighted by atomic mass is 35.5. The number of hydrogen-bond acceptors (Lipinski definition) is 5. The van der Waals surface area contributed by atoms with Crippen LogP contribution in [0.3, 0.4) is 0 Å². The predicted octanol–water partition coefficient (Wildman–Crippen LogP) is 4.60. The summed E-state index contributed by atoms with van der Waals surface area (Å²) in [5, 5.41) is 0.576. The van der Waals surface area contributed by atoms with E-state index in [1.165, 1.54) is 0 Å². The Labute approximate surface area is 162 Å². The van der Waals surface area contributed by atoms with Gasteiger partial charge >= 0.3 is 5.97 Å². The van der Waals surface area contributed by atoms with Crippen molar-refractivity contribution in [3.05, 3.63) is 63.9 Å². The Kier molecular flexibility index (Phi) is 5.51. The van der Waals surface area contributed by atoms with Gasteiger partial charge in [0.15, 0.2) is 12.4 Å². The number of allylic oxidation sites excluding steroid dienone is 1. The molecular formula is C21H19ClO5. The van der Waals surface area contributed by atoms with E-state index in [2.05, 4.69) is 0 Å². The van der Waals surface area contributed by atoms with Crippen LogP contribution in [0.15, 0.2) is 42.2 Å². The summed E-state index contributed by atoms with van der Waals surface area (Å²) in [5.74, 6) is 0.447. The fraction of sp³-hybridized carbons (Fsp3) is 0.238. The van der Waals surface area contributed by atoms with E-state index in [0.717, 1.165) is 5.56 Å². The standard InChI is InChI=1S/C21H19ClO5/c1-12(2)26-19(23)11-25-17-8-7-16-20(24)18(27-21(16)13(17)3)10-14-5-4-6-15(22)9-14/h4-10,12H,11H2,1-3H3/b18-10-. The van der Waals surface area contributed by atoms with Crippen molar-refractivity contribution in [2.75, 3.05) is 6.61 Å². The highest BCUT2D eigenvalue weighted by Crippen LogP contribution is 2.39. The number of esters is 1. The summed E-state index contributed by atoms with van der Waals surface area (Å²) in [6.45, 7) is 5.10. The summed E-state index contributed by atoms with van der Waals surface area (Å²) in [4.78, 5) is 24.2. The second-order valence-electron chi connectivity index (χ2n) is 6.39. The molecule has 1 aliphatic rings. The van der Waals surface area contributed by atoms with Crippen molar-refractivity contribution in [3.8, 4) is 11.5 Å². The normalized spacial score (nSPS) is 14.3. The molecule has 27 heavy (non-hydrogen) atoms. The van der Waals surface area contributed by atoms with Crippen molar-refractivity contribution >= 4 is 29.4 Å². The van der Waals surface area contributed by atoms with Crippen LogP contribution in [0.1, 0.15) is 35.3 Å². The minimum absolute atomic E-state index is 0.206. The molecule has 0 aliphatic carbocycles. The van der Waals surface area contributed by atoms with Crippen LogP contribution in [-0.4, -0.2) is 24.5 Å². The van der Waals surface area contributed by atoms with Crippen molar-refractivity contribution < 1.29 is 23.8 Å².